The van der Waals surface area contributed by atoms with Crippen molar-refractivity contribution in [3.05, 3.63) is 105 Å². The number of allylic oxidation sites excluding steroid dienone is 6. The molecule has 2 N–H and O–H groups in total. The molecule has 9 heteroatoms. The van der Waals surface area contributed by atoms with E-state index < -0.39 is 18.1 Å². The fraction of sp³-hybridized carbons (Fsp3) is 0.421. The molecule has 1 saturated heterocycles. The molecule has 47 heavy (non-hydrogen) atoms. The average Bonchev–Trinajstić information content (AvgIpc) is 3.73. The van der Waals surface area contributed by atoms with E-state index in [2.05, 4.69) is 38.7 Å². The molecule has 5 aliphatic rings. The number of ether oxygens (including phenoxy) is 1. The van der Waals surface area contributed by atoms with Gasteiger partial charge < -0.3 is 20.3 Å². The summed E-state index contributed by atoms with van der Waals surface area (Å²) in [5.74, 6) is -3.34. The van der Waals surface area contributed by atoms with Crippen molar-refractivity contribution < 1.29 is 23.1 Å². The molecular formula is C38H40BrF2N3O3. The van der Waals surface area contributed by atoms with Crippen molar-refractivity contribution >= 4 is 39.2 Å². The van der Waals surface area contributed by atoms with Gasteiger partial charge in [-0.3, -0.25) is 4.79 Å². The molecule has 1 spiro atoms. The molecule has 1 saturated carbocycles. The highest BCUT2D eigenvalue weighted by atomic mass is 79.9. The number of carbonyl (C=O) groups excluding carboxylic acids is 2. The molecule has 7 rings (SSSR count). The van der Waals surface area contributed by atoms with E-state index in [1.807, 2.05) is 61.2 Å². The van der Waals surface area contributed by atoms with Crippen LogP contribution in [0.3, 0.4) is 0 Å². The lowest BCUT2D eigenvalue weighted by molar-refractivity contribution is -0.135. The van der Waals surface area contributed by atoms with Crippen molar-refractivity contribution in [3.63, 3.8) is 0 Å². The van der Waals surface area contributed by atoms with Crippen LogP contribution in [0.1, 0.15) is 81.0 Å². The average molecular weight is 705 g/mol. The Labute approximate surface area is 283 Å². The molecule has 2 heterocycles. The Bertz CT molecular complexity index is 1720. The Kier molecular flexibility index (Phi) is 8.39. The predicted molar refractivity (Wildman–Crippen MR) is 182 cm³/mol. The van der Waals surface area contributed by atoms with Crippen molar-refractivity contribution in [2.75, 3.05) is 6.54 Å². The molecule has 2 aromatic rings. The maximum atomic E-state index is 15.7. The number of rotatable bonds is 7. The molecule has 0 aromatic heterocycles. The van der Waals surface area contributed by atoms with Gasteiger partial charge in [0, 0.05) is 29.1 Å². The topological polar surface area (TPSA) is 70.7 Å². The molecule has 6 nitrogen and oxygen atoms in total. The van der Waals surface area contributed by atoms with Gasteiger partial charge in [-0.2, -0.15) is 8.78 Å². The number of likely N-dealkylation sites (tertiary alicyclic amines) is 1. The van der Waals surface area contributed by atoms with Crippen molar-refractivity contribution in [2.24, 2.45) is 11.3 Å². The van der Waals surface area contributed by atoms with E-state index in [0.717, 1.165) is 65.5 Å². The lowest BCUT2D eigenvalue weighted by atomic mass is 9.96. The fourth-order valence-corrected chi connectivity index (χ4v) is 7.88. The molecular weight excluding hydrogens is 664 g/mol. The van der Waals surface area contributed by atoms with Crippen LogP contribution >= 0.6 is 15.9 Å². The van der Waals surface area contributed by atoms with Crippen LogP contribution in [0.25, 0.3) is 11.3 Å². The number of alkyl halides is 2. The van der Waals surface area contributed by atoms with E-state index >= 15 is 8.78 Å². The summed E-state index contributed by atoms with van der Waals surface area (Å²) in [6, 6.07) is 13.9. The van der Waals surface area contributed by atoms with Gasteiger partial charge in [0.05, 0.1) is 6.04 Å². The van der Waals surface area contributed by atoms with Gasteiger partial charge in [0.1, 0.15) is 12.6 Å². The zero-order chi connectivity index (χ0) is 32.9. The third-order valence-electron chi connectivity index (χ3n) is 10.3. The molecule has 2 atom stereocenters. The minimum absolute atomic E-state index is 0.0514. The zero-order valence-electron chi connectivity index (χ0n) is 26.8. The van der Waals surface area contributed by atoms with Crippen molar-refractivity contribution in [1.82, 2.24) is 15.5 Å². The monoisotopic (exact) mass is 703 g/mol. The summed E-state index contributed by atoms with van der Waals surface area (Å²) in [6.45, 7) is 4.60. The molecule has 2 amide bonds. The van der Waals surface area contributed by atoms with Gasteiger partial charge in [-0.15, -0.1) is 0 Å². The molecule has 2 aromatic carbocycles. The number of carbonyl (C=O) groups is 2. The minimum atomic E-state index is -3.06. The third kappa shape index (κ3) is 6.19. The molecule has 2 fully saturated rings. The summed E-state index contributed by atoms with van der Waals surface area (Å²) in [4.78, 5) is 29.0. The first-order valence-corrected chi connectivity index (χ1v) is 17.4. The smallest absolute Gasteiger partial charge is 0.408 e. The van der Waals surface area contributed by atoms with Gasteiger partial charge in [-0.05, 0) is 95.2 Å². The fourth-order valence-electron chi connectivity index (χ4n) is 7.46. The summed E-state index contributed by atoms with van der Waals surface area (Å²) in [5.41, 5.74) is 4.86. The van der Waals surface area contributed by atoms with Gasteiger partial charge in [0.15, 0.2) is 0 Å². The van der Waals surface area contributed by atoms with Crippen LogP contribution in [-0.4, -0.2) is 35.5 Å². The predicted octanol–water partition coefficient (Wildman–Crippen LogP) is 8.56. The summed E-state index contributed by atoms with van der Waals surface area (Å²) >= 11 is 3.43. The highest BCUT2D eigenvalue weighted by Gasteiger charge is 2.55. The summed E-state index contributed by atoms with van der Waals surface area (Å²) < 4.78 is 37.7. The van der Waals surface area contributed by atoms with Crippen LogP contribution in [0, 0.1) is 11.3 Å². The SMILES string of the molecule is CC(C)C(NC(=O)OCc1ccccc1)C(=O)N1CC2(CC2)CC1C1=CCCC=C(c2ccc3c(c2)C(F)(F)C2=C3CCC(Br)=C2)N1. The normalized spacial score (nSPS) is 22.8. The number of halogens is 3. The Hall–Kier alpha value is -3.72. The standard InChI is InChI=1S/C38H40BrF2N3O3/c1-23(2)34(43-36(46)47-21-24-8-4-3-5-9-24)35(45)44-22-37(16-17-37)20-33(44)32-11-7-6-10-31(42-32)25-12-14-27-28-15-13-26(39)19-30(28)38(40,41)29(27)18-25/h3-5,8-12,14,18-19,23,33-34,42H,6-7,13,15-17,20-22H2,1-2H3,(H,43,46). The van der Waals surface area contributed by atoms with Crippen LogP contribution in [0.4, 0.5) is 13.6 Å². The van der Waals surface area contributed by atoms with Crippen LogP contribution < -0.4 is 10.6 Å². The lowest BCUT2D eigenvalue weighted by Gasteiger charge is -2.32. The first-order valence-electron chi connectivity index (χ1n) is 16.6. The highest BCUT2D eigenvalue weighted by Crippen LogP contribution is 2.56. The largest absolute Gasteiger partial charge is 0.445 e. The number of nitrogens with zero attached hydrogens (tertiary/aromatic N) is 1. The van der Waals surface area contributed by atoms with Gasteiger partial charge in [-0.25, -0.2) is 4.79 Å². The van der Waals surface area contributed by atoms with Gasteiger partial charge >= 0.3 is 6.09 Å². The second kappa shape index (κ2) is 12.4. The van der Waals surface area contributed by atoms with E-state index in [1.54, 1.807) is 12.1 Å². The number of nitrogens with one attached hydrogen (secondary N) is 2. The number of hydrogen-bond acceptors (Lipinski definition) is 4. The summed E-state index contributed by atoms with van der Waals surface area (Å²) in [7, 11) is 0. The number of amides is 2. The van der Waals surface area contributed by atoms with Gasteiger partial charge in [-0.1, -0.05) is 84.4 Å². The molecule has 0 bridgehead atoms. The molecule has 3 aliphatic carbocycles. The Morgan fingerprint density at radius 3 is 2.60 bits per heavy atom. The lowest BCUT2D eigenvalue weighted by Crippen LogP contribution is -2.53. The van der Waals surface area contributed by atoms with E-state index in [4.69, 9.17) is 4.74 Å². The van der Waals surface area contributed by atoms with Crippen molar-refractivity contribution in [3.8, 4) is 0 Å². The van der Waals surface area contributed by atoms with Crippen LogP contribution in [0.5, 0.6) is 0 Å². The van der Waals surface area contributed by atoms with E-state index in [1.165, 1.54) is 0 Å². The van der Waals surface area contributed by atoms with Crippen molar-refractivity contribution in [1.29, 1.82) is 0 Å². The minimum Gasteiger partial charge on any atom is -0.445 e. The van der Waals surface area contributed by atoms with Crippen LogP contribution in [0.2, 0.25) is 0 Å². The van der Waals surface area contributed by atoms with Crippen LogP contribution in [-0.2, 0) is 22.1 Å². The Morgan fingerprint density at radius 2 is 1.85 bits per heavy atom. The second-order valence-corrected chi connectivity index (χ2v) is 14.9. The first kappa shape index (κ1) is 31.9. The number of benzene rings is 2. The molecule has 246 valence electrons. The molecule has 2 aliphatic heterocycles. The summed E-state index contributed by atoms with van der Waals surface area (Å²) in [6.07, 6.45) is 11.0. The Morgan fingerprint density at radius 1 is 1.09 bits per heavy atom. The highest BCUT2D eigenvalue weighted by molar-refractivity contribution is 9.11. The molecule has 2 unspecified atom stereocenters. The first-order chi connectivity index (χ1) is 22.5. The molecule has 0 radical (unpaired) electrons. The summed E-state index contributed by atoms with van der Waals surface area (Å²) in [5, 5.41) is 6.45. The van der Waals surface area contributed by atoms with Gasteiger partial charge in [0.2, 0.25) is 5.91 Å². The van der Waals surface area contributed by atoms with E-state index in [-0.39, 0.29) is 41.0 Å². The number of alkyl carbamates (subject to hydrolysis) is 1. The third-order valence-corrected chi connectivity index (χ3v) is 10.9. The zero-order valence-corrected chi connectivity index (χ0v) is 28.3. The van der Waals surface area contributed by atoms with Crippen molar-refractivity contribution in [2.45, 2.75) is 83.4 Å². The van der Waals surface area contributed by atoms with Gasteiger partial charge in [0.25, 0.3) is 5.92 Å². The maximum absolute atomic E-state index is 15.7. The van der Waals surface area contributed by atoms with E-state index in [0.29, 0.717) is 24.1 Å². The number of hydrogen-bond donors (Lipinski definition) is 2. The second-order valence-electron chi connectivity index (χ2n) is 13.9. The number of fused-ring (bicyclic) bond motifs is 2. The van der Waals surface area contributed by atoms with E-state index in [9.17, 15) is 9.59 Å². The van der Waals surface area contributed by atoms with Crippen LogP contribution in [0.15, 0.2) is 82.5 Å². The Balaban J connectivity index is 1.10. The maximum Gasteiger partial charge on any atom is 0.408 e. The quantitative estimate of drug-likeness (QED) is 0.303.